The molecule has 2 aromatic rings. The van der Waals surface area contributed by atoms with Crippen LogP contribution in [0.1, 0.15) is 22.3 Å². The first kappa shape index (κ1) is 14.3. The van der Waals surface area contributed by atoms with Crippen LogP contribution in [0.4, 0.5) is 5.69 Å². The largest absolute Gasteiger partial charge is 0.496 e. The molecule has 20 heavy (non-hydrogen) atoms. The number of hydrogen-bond acceptors (Lipinski definition) is 3. The van der Waals surface area contributed by atoms with Crippen LogP contribution in [0.5, 0.6) is 11.5 Å². The molecule has 0 aromatic heterocycles. The lowest BCUT2D eigenvalue weighted by Gasteiger charge is -2.14. The van der Waals surface area contributed by atoms with Crippen LogP contribution < -0.4 is 15.2 Å². The minimum absolute atomic E-state index is 0.466. The van der Waals surface area contributed by atoms with Crippen molar-refractivity contribution in [2.75, 3.05) is 12.8 Å². The lowest BCUT2D eigenvalue weighted by atomic mass is 10.1. The summed E-state index contributed by atoms with van der Waals surface area (Å²) in [6.45, 7) is 6.54. The van der Waals surface area contributed by atoms with Gasteiger partial charge in [0, 0.05) is 17.3 Å². The third-order valence-corrected chi connectivity index (χ3v) is 3.38. The molecule has 0 aliphatic heterocycles. The van der Waals surface area contributed by atoms with E-state index in [1.165, 1.54) is 5.56 Å². The number of aryl methyl sites for hydroxylation is 3. The third kappa shape index (κ3) is 3.05. The van der Waals surface area contributed by atoms with Gasteiger partial charge in [0.25, 0.3) is 0 Å². The van der Waals surface area contributed by atoms with E-state index in [1.54, 1.807) is 7.11 Å². The van der Waals surface area contributed by atoms with Crippen molar-refractivity contribution in [3.05, 3.63) is 52.6 Å². The van der Waals surface area contributed by atoms with Crippen LogP contribution >= 0.6 is 0 Å². The minimum atomic E-state index is 0.466. The Morgan fingerprint density at radius 2 is 1.70 bits per heavy atom. The van der Waals surface area contributed by atoms with Gasteiger partial charge in [0.2, 0.25) is 0 Å². The number of anilines is 1. The Balaban J connectivity index is 2.21. The maximum Gasteiger partial charge on any atom is 0.125 e. The van der Waals surface area contributed by atoms with Crippen molar-refractivity contribution in [2.24, 2.45) is 0 Å². The van der Waals surface area contributed by atoms with Gasteiger partial charge in [-0.2, -0.15) is 0 Å². The fourth-order valence-corrected chi connectivity index (χ4v) is 2.18. The van der Waals surface area contributed by atoms with Crippen molar-refractivity contribution >= 4 is 5.69 Å². The lowest BCUT2D eigenvalue weighted by molar-refractivity contribution is 0.295. The van der Waals surface area contributed by atoms with Crippen LogP contribution in [-0.4, -0.2) is 7.11 Å². The van der Waals surface area contributed by atoms with Crippen molar-refractivity contribution in [1.82, 2.24) is 0 Å². The molecule has 3 heteroatoms. The molecule has 2 aromatic carbocycles. The number of nitrogen functional groups attached to an aromatic ring is 1. The van der Waals surface area contributed by atoms with Gasteiger partial charge < -0.3 is 15.2 Å². The second-order valence-electron chi connectivity index (χ2n) is 5.08. The molecule has 0 aliphatic rings. The van der Waals surface area contributed by atoms with Crippen LogP contribution in [0.2, 0.25) is 0 Å². The van der Waals surface area contributed by atoms with E-state index in [2.05, 4.69) is 13.0 Å². The molecule has 0 radical (unpaired) electrons. The smallest absolute Gasteiger partial charge is 0.125 e. The zero-order valence-corrected chi connectivity index (χ0v) is 12.5. The summed E-state index contributed by atoms with van der Waals surface area (Å²) in [5.74, 6) is 1.66. The first-order valence-corrected chi connectivity index (χ1v) is 6.64. The van der Waals surface area contributed by atoms with Gasteiger partial charge in [-0.15, -0.1) is 0 Å². The average Bonchev–Trinajstić information content (AvgIpc) is 2.41. The Hall–Kier alpha value is -2.16. The highest BCUT2D eigenvalue weighted by atomic mass is 16.5. The monoisotopic (exact) mass is 271 g/mol. The van der Waals surface area contributed by atoms with Crippen LogP contribution in [0.3, 0.4) is 0 Å². The molecule has 0 saturated carbocycles. The van der Waals surface area contributed by atoms with Gasteiger partial charge in [-0.1, -0.05) is 17.7 Å². The van der Waals surface area contributed by atoms with Gasteiger partial charge >= 0.3 is 0 Å². The molecule has 106 valence electrons. The summed E-state index contributed by atoms with van der Waals surface area (Å²) < 4.78 is 11.3. The second kappa shape index (κ2) is 5.87. The van der Waals surface area contributed by atoms with Gasteiger partial charge in [-0.25, -0.2) is 0 Å². The Morgan fingerprint density at radius 1 is 0.950 bits per heavy atom. The van der Waals surface area contributed by atoms with Crippen molar-refractivity contribution in [3.8, 4) is 11.5 Å². The third-order valence-electron chi connectivity index (χ3n) is 3.38. The summed E-state index contributed by atoms with van der Waals surface area (Å²) in [6, 6.07) is 9.98. The molecule has 0 amide bonds. The van der Waals surface area contributed by atoms with Gasteiger partial charge in [0.15, 0.2) is 0 Å². The lowest BCUT2D eigenvalue weighted by Crippen LogP contribution is -2.01. The van der Waals surface area contributed by atoms with Gasteiger partial charge in [0.1, 0.15) is 18.1 Å². The van der Waals surface area contributed by atoms with E-state index in [0.717, 1.165) is 33.9 Å². The molecule has 3 nitrogen and oxygen atoms in total. The van der Waals surface area contributed by atoms with Crippen LogP contribution in [0, 0.1) is 20.8 Å². The van der Waals surface area contributed by atoms with Crippen molar-refractivity contribution in [3.63, 3.8) is 0 Å². The summed E-state index contributed by atoms with van der Waals surface area (Å²) in [5, 5.41) is 0. The van der Waals surface area contributed by atoms with Gasteiger partial charge in [-0.3, -0.25) is 0 Å². The summed E-state index contributed by atoms with van der Waals surface area (Å²) >= 11 is 0. The summed E-state index contributed by atoms with van der Waals surface area (Å²) in [5.41, 5.74) is 11.1. The highest BCUT2D eigenvalue weighted by Gasteiger charge is 2.07. The maximum atomic E-state index is 5.93. The predicted molar refractivity (Wildman–Crippen MR) is 82.4 cm³/mol. The van der Waals surface area contributed by atoms with Crippen molar-refractivity contribution < 1.29 is 9.47 Å². The molecule has 0 saturated heterocycles. The van der Waals surface area contributed by atoms with E-state index in [-0.39, 0.29) is 0 Å². The fraction of sp³-hybridized carbons (Fsp3) is 0.294. The Bertz CT molecular complexity index is 621. The molecular formula is C17H21NO2. The number of methoxy groups -OCH3 is 1. The molecule has 0 unspecified atom stereocenters. The van der Waals surface area contributed by atoms with Crippen molar-refractivity contribution in [2.45, 2.75) is 27.4 Å². The highest BCUT2D eigenvalue weighted by Crippen LogP contribution is 2.27. The SMILES string of the molecule is COc1ccc(C)cc1COc1cc(N)c(C)cc1C. The zero-order chi connectivity index (χ0) is 14.7. The normalized spacial score (nSPS) is 10.4. The molecular weight excluding hydrogens is 250 g/mol. The fourth-order valence-electron chi connectivity index (χ4n) is 2.18. The molecule has 2 rings (SSSR count). The van der Waals surface area contributed by atoms with E-state index in [4.69, 9.17) is 15.2 Å². The number of ether oxygens (including phenoxy) is 2. The molecule has 0 heterocycles. The number of benzene rings is 2. The highest BCUT2D eigenvalue weighted by molar-refractivity contribution is 5.54. The average molecular weight is 271 g/mol. The minimum Gasteiger partial charge on any atom is -0.496 e. The number of hydrogen-bond donors (Lipinski definition) is 1. The van der Waals surface area contributed by atoms with E-state index >= 15 is 0 Å². The van der Waals surface area contributed by atoms with E-state index < -0.39 is 0 Å². The zero-order valence-electron chi connectivity index (χ0n) is 12.5. The summed E-state index contributed by atoms with van der Waals surface area (Å²) in [6.07, 6.45) is 0. The Labute approximate surface area is 120 Å². The van der Waals surface area contributed by atoms with Crippen LogP contribution in [0.25, 0.3) is 0 Å². The Kier molecular flexibility index (Phi) is 4.18. The summed E-state index contributed by atoms with van der Waals surface area (Å²) in [7, 11) is 1.67. The van der Waals surface area contributed by atoms with Crippen molar-refractivity contribution in [1.29, 1.82) is 0 Å². The van der Waals surface area contributed by atoms with Gasteiger partial charge in [-0.05, 0) is 44.0 Å². The topological polar surface area (TPSA) is 44.5 Å². The molecule has 0 fully saturated rings. The van der Waals surface area contributed by atoms with E-state index in [1.807, 2.05) is 38.1 Å². The molecule has 0 aliphatic carbocycles. The quantitative estimate of drug-likeness (QED) is 0.861. The first-order valence-electron chi connectivity index (χ1n) is 6.64. The van der Waals surface area contributed by atoms with Crippen LogP contribution in [0.15, 0.2) is 30.3 Å². The molecule has 2 N–H and O–H groups in total. The molecule has 0 bridgehead atoms. The molecule has 0 spiro atoms. The maximum absolute atomic E-state index is 5.93. The number of nitrogens with two attached hydrogens (primary N) is 1. The molecule has 0 atom stereocenters. The predicted octanol–water partition coefficient (Wildman–Crippen LogP) is 3.78. The van der Waals surface area contributed by atoms with E-state index in [9.17, 15) is 0 Å². The first-order chi connectivity index (χ1) is 9.51. The number of rotatable bonds is 4. The van der Waals surface area contributed by atoms with Gasteiger partial charge in [0.05, 0.1) is 7.11 Å². The second-order valence-corrected chi connectivity index (χ2v) is 5.08. The van der Waals surface area contributed by atoms with E-state index in [0.29, 0.717) is 6.61 Å². The summed E-state index contributed by atoms with van der Waals surface area (Å²) in [4.78, 5) is 0. The standard InChI is InChI=1S/C17H21NO2/c1-11-5-6-16(19-4)14(7-11)10-20-17-9-15(18)12(2)8-13(17)3/h5-9H,10,18H2,1-4H3. The Morgan fingerprint density at radius 3 is 2.40 bits per heavy atom. The van der Waals surface area contributed by atoms with Crippen LogP contribution in [-0.2, 0) is 6.61 Å².